The summed E-state index contributed by atoms with van der Waals surface area (Å²) in [6.07, 6.45) is 1.26. The predicted octanol–water partition coefficient (Wildman–Crippen LogP) is 2.62. The van der Waals surface area contributed by atoms with E-state index in [1.165, 1.54) is 10.8 Å². The molecule has 0 spiro atoms. The summed E-state index contributed by atoms with van der Waals surface area (Å²) in [4.78, 5) is 30.6. The third-order valence-corrected chi connectivity index (χ3v) is 4.30. The lowest BCUT2D eigenvalue weighted by molar-refractivity contribution is -0.132. The summed E-state index contributed by atoms with van der Waals surface area (Å²) in [7, 11) is 1.76. The summed E-state index contributed by atoms with van der Waals surface area (Å²) < 4.78 is 1.47. The van der Waals surface area contributed by atoms with Crippen molar-refractivity contribution in [2.75, 3.05) is 7.05 Å². The first-order valence-corrected chi connectivity index (χ1v) is 7.83. The van der Waals surface area contributed by atoms with E-state index in [4.69, 9.17) is 0 Å². The highest BCUT2D eigenvalue weighted by Gasteiger charge is 2.18. The number of carbonyl (C=O) groups excluding carboxylic acids is 1. The van der Waals surface area contributed by atoms with Crippen LogP contribution >= 0.6 is 0 Å². The molecule has 3 rings (SSSR count). The van der Waals surface area contributed by atoms with Crippen molar-refractivity contribution in [1.82, 2.24) is 14.5 Å². The van der Waals surface area contributed by atoms with E-state index in [1.807, 2.05) is 55.5 Å². The van der Waals surface area contributed by atoms with Crippen LogP contribution in [0.25, 0.3) is 11.0 Å². The highest BCUT2D eigenvalue weighted by atomic mass is 16.2. The smallest absolute Gasteiger partial charge is 0.269 e. The van der Waals surface area contributed by atoms with Crippen molar-refractivity contribution < 1.29 is 4.79 Å². The van der Waals surface area contributed by atoms with Gasteiger partial charge in [0.25, 0.3) is 5.56 Å². The Morgan fingerprint density at radius 2 is 1.79 bits per heavy atom. The topological polar surface area (TPSA) is 55.2 Å². The van der Waals surface area contributed by atoms with Crippen LogP contribution in [0.3, 0.4) is 0 Å². The monoisotopic (exact) mass is 321 g/mol. The lowest BCUT2D eigenvalue weighted by atomic mass is 10.1. The zero-order valence-electron chi connectivity index (χ0n) is 13.7. The van der Waals surface area contributed by atoms with E-state index in [9.17, 15) is 9.59 Å². The Balaban J connectivity index is 1.87. The molecule has 1 atom stereocenters. The van der Waals surface area contributed by atoms with E-state index in [0.29, 0.717) is 11.0 Å². The number of aromatic nitrogens is 2. The Morgan fingerprint density at radius 3 is 2.54 bits per heavy atom. The molecule has 0 saturated carbocycles. The fourth-order valence-corrected chi connectivity index (χ4v) is 2.70. The highest BCUT2D eigenvalue weighted by Crippen LogP contribution is 2.18. The standard InChI is InChI=1S/C19H19N3O2/c1-14(15-8-4-3-5-9-15)21(2)19(24)13-22-17-11-7-6-10-16(17)20-12-18(22)23/h3-12,14H,13H2,1-2H3. The van der Waals surface area contributed by atoms with Gasteiger partial charge in [0.05, 0.1) is 23.3 Å². The first-order chi connectivity index (χ1) is 11.6. The maximum Gasteiger partial charge on any atom is 0.269 e. The summed E-state index contributed by atoms with van der Waals surface area (Å²) in [5.74, 6) is -0.121. The van der Waals surface area contributed by atoms with E-state index in [-0.39, 0.29) is 24.1 Å². The van der Waals surface area contributed by atoms with E-state index in [2.05, 4.69) is 4.98 Å². The SMILES string of the molecule is CC(c1ccccc1)N(C)C(=O)Cn1c(=O)cnc2ccccc21. The van der Waals surface area contributed by atoms with Gasteiger partial charge in [0.1, 0.15) is 6.54 Å². The van der Waals surface area contributed by atoms with Crippen molar-refractivity contribution >= 4 is 16.9 Å². The number of hydrogen-bond donors (Lipinski definition) is 0. The van der Waals surface area contributed by atoms with Gasteiger partial charge in [-0.1, -0.05) is 42.5 Å². The van der Waals surface area contributed by atoms with Gasteiger partial charge in [0.2, 0.25) is 5.91 Å². The summed E-state index contributed by atoms with van der Waals surface area (Å²) in [6.45, 7) is 1.97. The van der Waals surface area contributed by atoms with E-state index < -0.39 is 0 Å². The molecule has 2 aromatic carbocycles. The Morgan fingerprint density at radius 1 is 1.12 bits per heavy atom. The molecule has 5 nitrogen and oxygen atoms in total. The second kappa shape index (κ2) is 6.66. The van der Waals surface area contributed by atoms with Crippen LogP contribution in [-0.4, -0.2) is 27.4 Å². The van der Waals surface area contributed by atoms with Gasteiger partial charge in [-0.2, -0.15) is 0 Å². The molecule has 0 bridgehead atoms. The number of carbonyl (C=O) groups is 1. The third-order valence-electron chi connectivity index (χ3n) is 4.30. The zero-order valence-corrected chi connectivity index (χ0v) is 13.7. The molecule has 0 fully saturated rings. The molecule has 1 unspecified atom stereocenters. The zero-order chi connectivity index (χ0) is 17.1. The van der Waals surface area contributed by atoms with Gasteiger partial charge < -0.3 is 4.90 Å². The van der Waals surface area contributed by atoms with Crippen LogP contribution < -0.4 is 5.56 Å². The van der Waals surface area contributed by atoms with Crippen molar-refractivity contribution in [3.63, 3.8) is 0 Å². The summed E-state index contributed by atoms with van der Waals surface area (Å²) in [6, 6.07) is 17.1. The molecule has 0 aliphatic heterocycles. The van der Waals surface area contributed by atoms with Crippen LogP contribution in [0.15, 0.2) is 65.6 Å². The van der Waals surface area contributed by atoms with Gasteiger partial charge >= 0.3 is 0 Å². The van der Waals surface area contributed by atoms with Gasteiger partial charge in [-0.25, -0.2) is 4.98 Å². The maximum absolute atomic E-state index is 12.7. The number of fused-ring (bicyclic) bond motifs is 1. The average molecular weight is 321 g/mol. The van der Waals surface area contributed by atoms with Crippen LogP contribution in [0, 0.1) is 0 Å². The fourth-order valence-electron chi connectivity index (χ4n) is 2.70. The molecular formula is C19H19N3O2. The van der Waals surface area contributed by atoms with E-state index in [0.717, 1.165) is 5.56 Å². The molecule has 1 amide bonds. The van der Waals surface area contributed by atoms with Crippen LogP contribution in [0.2, 0.25) is 0 Å². The molecule has 0 radical (unpaired) electrons. The summed E-state index contributed by atoms with van der Waals surface area (Å²) in [5, 5.41) is 0. The molecule has 0 saturated heterocycles. The lowest BCUT2D eigenvalue weighted by Gasteiger charge is -2.26. The molecule has 1 heterocycles. The van der Waals surface area contributed by atoms with Gasteiger partial charge in [-0.3, -0.25) is 14.2 Å². The molecule has 0 N–H and O–H groups in total. The van der Waals surface area contributed by atoms with Gasteiger partial charge in [0.15, 0.2) is 0 Å². The molecule has 24 heavy (non-hydrogen) atoms. The van der Waals surface area contributed by atoms with Crippen molar-refractivity contribution in [2.45, 2.75) is 19.5 Å². The van der Waals surface area contributed by atoms with Crippen molar-refractivity contribution in [3.05, 3.63) is 76.7 Å². The molecule has 1 aromatic heterocycles. The van der Waals surface area contributed by atoms with E-state index in [1.54, 1.807) is 18.0 Å². The number of nitrogens with zero attached hydrogens (tertiary/aromatic N) is 3. The van der Waals surface area contributed by atoms with Crippen molar-refractivity contribution in [1.29, 1.82) is 0 Å². The van der Waals surface area contributed by atoms with E-state index >= 15 is 0 Å². The van der Waals surface area contributed by atoms with Crippen molar-refractivity contribution in [3.8, 4) is 0 Å². The van der Waals surface area contributed by atoms with Gasteiger partial charge in [-0.15, -0.1) is 0 Å². The first kappa shape index (κ1) is 15.9. The predicted molar refractivity (Wildman–Crippen MR) is 93.6 cm³/mol. The molecule has 0 aliphatic rings. The Hall–Kier alpha value is -2.95. The Bertz CT molecular complexity index is 919. The fraction of sp³-hybridized carbons (Fsp3) is 0.211. The van der Waals surface area contributed by atoms with Crippen LogP contribution in [0.1, 0.15) is 18.5 Å². The average Bonchev–Trinajstić information content (AvgIpc) is 2.63. The molecule has 5 heteroatoms. The Kier molecular flexibility index (Phi) is 4.42. The largest absolute Gasteiger partial charge is 0.337 e. The van der Waals surface area contributed by atoms with Crippen LogP contribution in [-0.2, 0) is 11.3 Å². The second-order valence-electron chi connectivity index (χ2n) is 5.76. The van der Waals surface area contributed by atoms with Crippen LogP contribution in [0.4, 0.5) is 0 Å². The molecular weight excluding hydrogens is 302 g/mol. The van der Waals surface area contributed by atoms with Crippen LogP contribution in [0.5, 0.6) is 0 Å². The highest BCUT2D eigenvalue weighted by molar-refractivity contribution is 5.80. The third kappa shape index (κ3) is 3.06. The minimum Gasteiger partial charge on any atom is -0.337 e. The number of likely N-dealkylation sites (N-methyl/N-ethyl adjacent to an activating group) is 1. The number of hydrogen-bond acceptors (Lipinski definition) is 3. The molecule has 122 valence electrons. The number of benzene rings is 2. The maximum atomic E-state index is 12.7. The lowest BCUT2D eigenvalue weighted by Crippen LogP contribution is -2.35. The van der Waals surface area contributed by atoms with Crippen molar-refractivity contribution in [2.24, 2.45) is 0 Å². The molecule has 0 aliphatic carbocycles. The minimum atomic E-state index is -0.275. The Labute approximate surface area is 140 Å². The van der Waals surface area contributed by atoms with Gasteiger partial charge in [-0.05, 0) is 24.6 Å². The number of amides is 1. The summed E-state index contributed by atoms with van der Waals surface area (Å²) >= 11 is 0. The second-order valence-corrected chi connectivity index (χ2v) is 5.76. The van der Waals surface area contributed by atoms with Gasteiger partial charge in [0, 0.05) is 7.05 Å². The quantitative estimate of drug-likeness (QED) is 0.742. The summed E-state index contributed by atoms with van der Waals surface area (Å²) in [5.41, 5.74) is 2.14. The molecule has 3 aromatic rings. The normalized spacial score (nSPS) is 12.1. The number of para-hydroxylation sites is 2. The first-order valence-electron chi connectivity index (χ1n) is 7.83. The number of rotatable bonds is 4. The minimum absolute atomic E-state index is 0.00442.